The molecule has 5 nitrogen and oxygen atoms in total. The Balaban J connectivity index is 2.30. The van der Waals surface area contributed by atoms with Crippen LogP contribution in [0.1, 0.15) is 39.9 Å². The van der Waals surface area contributed by atoms with E-state index < -0.39 is 41.3 Å². The van der Waals surface area contributed by atoms with Crippen LogP contribution < -0.4 is 16.0 Å². The van der Waals surface area contributed by atoms with E-state index in [0.717, 1.165) is 30.3 Å². The molecule has 3 amide bonds. The van der Waals surface area contributed by atoms with Gasteiger partial charge in [0.2, 0.25) is 0 Å². The van der Waals surface area contributed by atoms with Crippen LogP contribution in [0.15, 0.2) is 36.4 Å². The third kappa shape index (κ3) is 8.72. The molecule has 0 bridgehead atoms. The Morgan fingerprint density at radius 3 is 2.05 bits per heavy atom. The van der Waals surface area contributed by atoms with E-state index in [1.54, 1.807) is 6.92 Å². The first-order valence-electron chi connectivity index (χ1n) is 10.6. The highest BCUT2D eigenvalue weighted by Gasteiger charge is 2.40. The molecule has 0 saturated carbocycles. The smallest absolute Gasteiger partial charge is 0.350 e. The monoisotopic (exact) mass is 589 g/mol. The minimum absolute atomic E-state index is 0.0443. The Hall–Kier alpha value is -2.63. The van der Waals surface area contributed by atoms with Gasteiger partial charge in [0.25, 0.3) is 5.91 Å². The molecule has 3 N–H and O–H groups in total. The number of benzene rings is 2. The number of nitrogens with one attached hydrogen (secondary N) is 3. The van der Waals surface area contributed by atoms with Crippen molar-refractivity contribution in [3.63, 3.8) is 0 Å². The maximum atomic E-state index is 13.7. The molecule has 0 aliphatic carbocycles. The minimum Gasteiger partial charge on any atom is -0.350 e. The van der Waals surface area contributed by atoms with Gasteiger partial charge in [0.05, 0.1) is 32.1 Å². The number of hydrogen-bond acceptors (Lipinski definition) is 2. The van der Waals surface area contributed by atoms with Crippen LogP contribution in [0.4, 0.5) is 31.1 Å². The van der Waals surface area contributed by atoms with Gasteiger partial charge in [-0.1, -0.05) is 53.0 Å². The summed E-state index contributed by atoms with van der Waals surface area (Å²) in [5.74, 6) is -3.33. The fraction of sp³-hybridized carbons (Fsp3) is 0.304. The van der Waals surface area contributed by atoms with Crippen molar-refractivity contribution in [2.45, 2.75) is 25.2 Å². The summed E-state index contributed by atoms with van der Waals surface area (Å²) in [6, 6.07) is 3.91. The lowest BCUT2D eigenvalue weighted by Crippen LogP contribution is -2.40. The van der Waals surface area contributed by atoms with Crippen LogP contribution >= 0.6 is 34.8 Å². The molecule has 0 aliphatic heterocycles. The molecule has 0 heterocycles. The molecule has 0 aliphatic rings. The molecule has 2 aromatic rings. The Morgan fingerprint density at radius 1 is 0.919 bits per heavy atom. The lowest BCUT2D eigenvalue weighted by molar-refractivity contribution is -0.139. The summed E-state index contributed by atoms with van der Waals surface area (Å²) < 4.78 is 82.1. The molecule has 14 heteroatoms. The van der Waals surface area contributed by atoms with Crippen molar-refractivity contribution in [2.24, 2.45) is 0 Å². The Bertz CT molecular complexity index is 1150. The molecule has 0 spiro atoms. The summed E-state index contributed by atoms with van der Waals surface area (Å²) in [6.45, 7) is 1.84. The highest BCUT2D eigenvalue weighted by molar-refractivity contribution is 6.48. The second-order valence-electron chi connectivity index (χ2n) is 7.52. The predicted molar refractivity (Wildman–Crippen MR) is 130 cm³/mol. The van der Waals surface area contributed by atoms with Gasteiger partial charge in [0.1, 0.15) is 0 Å². The van der Waals surface area contributed by atoms with Crippen LogP contribution in [0.5, 0.6) is 0 Å². The van der Waals surface area contributed by atoms with Crippen LogP contribution in [-0.4, -0.2) is 37.7 Å². The Kier molecular flexibility index (Phi) is 10.5. The molecular formula is C23H20Cl3F6N3O2. The van der Waals surface area contributed by atoms with E-state index in [9.17, 15) is 35.9 Å². The maximum Gasteiger partial charge on any atom is 0.417 e. The summed E-state index contributed by atoms with van der Waals surface area (Å²) in [5, 5.41) is 6.51. The number of allylic oxidation sites excluding steroid dienone is 1. The average molecular weight is 591 g/mol. The molecule has 2 rings (SSSR count). The number of amides is 3. The molecular weight excluding hydrogens is 571 g/mol. The van der Waals surface area contributed by atoms with Crippen molar-refractivity contribution in [2.75, 3.05) is 19.6 Å². The predicted octanol–water partition coefficient (Wildman–Crippen LogP) is 7.07. The molecule has 1 unspecified atom stereocenters. The fourth-order valence-electron chi connectivity index (χ4n) is 3.14. The topological polar surface area (TPSA) is 70.2 Å². The third-order valence-electron chi connectivity index (χ3n) is 4.83. The third-order valence-corrected chi connectivity index (χ3v) is 6.02. The van der Waals surface area contributed by atoms with E-state index in [0.29, 0.717) is 18.7 Å². The fourth-order valence-corrected chi connectivity index (χ4v) is 3.75. The lowest BCUT2D eigenvalue weighted by atomic mass is 9.96. The van der Waals surface area contributed by atoms with Crippen LogP contribution in [0.2, 0.25) is 15.1 Å². The lowest BCUT2D eigenvalue weighted by Gasteiger charge is -2.19. The van der Waals surface area contributed by atoms with Gasteiger partial charge < -0.3 is 16.0 Å². The van der Waals surface area contributed by atoms with Crippen LogP contribution in [-0.2, 0) is 6.18 Å². The molecule has 1 atom stereocenters. The second kappa shape index (κ2) is 12.7. The van der Waals surface area contributed by atoms with Gasteiger partial charge in [-0.2, -0.15) is 26.3 Å². The van der Waals surface area contributed by atoms with Crippen LogP contribution in [0.3, 0.4) is 0 Å². The maximum absolute atomic E-state index is 13.7. The molecule has 0 radical (unpaired) electrons. The molecule has 2 aromatic carbocycles. The highest BCUT2D eigenvalue weighted by Crippen LogP contribution is 2.41. The standard InChI is InChI=1S/C23H20Cl3F6N3O2/c1-2-33-21(37)35-8-7-34-20(36)14-5-3-12(9-16(14)23(30,31)32)4-6-15(22(27,28)29)13-10-17(24)19(26)18(25)11-13/h3-6,9-11,15H,2,7-8H2,1H3,(H,34,36)(H2,33,35,37). The summed E-state index contributed by atoms with van der Waals surface area (Å²) in [7, 11) is 0. The number of rotatable bonds is 8. The zero-order valence-corrected chi connectivity index (χ0v) is 21.2. The zero-order chi connectivity index (χ0) is 28.0. The van der Waals surface area contributed by atoms with Crippen LogP contribution in [0, 0.1) is 0 Å². The van der Waals surface area contributed by atoms with E-state index in [-0.39, 0.29) is 39.3 Å². The van der Waals surface area contributed by atoms with Crippen molar-refractivity contribution in [3.8, 4) is 0 Å². The zero-order valence-electron chi connectivity index (χ0n) is 19.0. The number of halogens is 9. The number of alkyl halides is 6. The molecule has 37 heavy (non-hydrogen) atoms. The van der Waals surface area contributed by atoms with Crippen molar-refractivity contribution in [1.29, 1.82) is 0 Å². The van der Waals surface area contributed by atoms with Gasteiger partial charge >= 0.3 is 18.4 Å². The molecule has 0 saturated heterocycles. The van der Waals surface area contributed by atoms with Gasteiger partial charge in [0, 0.05) is 19.6 Å². The van der Waals surface area contributed by atoms with E-state index in [2.05, 4.69) is 16.0 Å². The van der Waals surface area contributed by atoms with Gasteiger partial charge in [-0.25, -0.2) is 4.79 Å². The normalized spacial score (nSPS) is 12.9. The van der Waals surface area contributed by atoms with Crippen molar-refractivity contribution in [3.05, 3.63) is 73.7 Å². The SMILES string of the molecule is CCNC(=O)NCCNC(=O)c1ccc(C=CC(c2cc(Cl)c(Cl)c(Cl)c2)C(F)(F)F)cc1C(F)(F)F. The molecule has 0 fully saturated rings. The first kappa shape index (κ1) is 30.6. The Labute approximate surface area is 223 Å². The van der Waals surface area contributed by atoms with Crippen LogP contribution in [0.25, 0.3) is 6.08 Å². The van der Waals surface area contributed by atoms with Gasteiger partial charge in [-0.3, -0.25) is 4.79 Å². The van der Waals surface area contributed by atoms with E-state index in [4.69, 9.17) is 34.8 Å². The first-order chi connectivity index (χ1) is 17.1. The Morgan fingerprint density at radius 2 is 1.51 bits per heavy atom. The summed E-state index contributed by atoms with van der Waals surface area (Å²) in [5.41, 5.74) is -2.67. The summed E-state index contributed by atoms with van der Waals surface area (Å²) in [4.78, 5) is 23.6. The number of carbonyl (C=O) groups is 2. The number of carbonyl (C=O) groups excluding carboxylic acids is 2. The van der Waals surface area contributed by atoms with E-state index >= 15 is 0 Å². The molecule has 202 valence electrons. The first-order valence-corrected chi connectivity index (χ1v) is 11.7. The average Bonchev–Trinajstić information content (AvgIpc) is 2.79. The molecule has 0 aromatic heterocycles. The van der Waals surface area contributed by atoms with Crippen molar-refractivity contribution < 1.29 is 35.9 Å². The van der Waals surface area contributed by atoms with Crippen molar-refractivity contribution >= 4 is 52.8 Å². The second-order valence-corrected chi connectivity index (χ2v) is 8.71. The summed E-state index contributed by atoms with van der Waals surface area (Å²) >= 11 is 17.4. The quantitative estimate of drug-likeness (QED) is 0.175. The highest BCUT2D eigenvalue weighted by atomic mass is 35.5. The summed E-state index contributed by atoms with van der Waals surface area (Å²) in [6.07, 6.45) is -8.30. The van der Waals surface area contributed by atoms with E-state index in [1.807, 2.05) is 0 Å². The number of hydrogen-bond donors (Lipinski definition) is 3. The van der Waals surface area contributed by atoms with Crippen molar-refractivity contribution in [1.82, 2.24) is 16.0 Å². The largest absolute Gasteiger partial charge is 0.417 e. The van der Waals surface area contributed by atoms with Gasteiger partial charge in [0.15, 0.2) is 0 Å². The van der Waals surface area contributed by atoms with E-state index in [1.165, 1.54) is 0 Å². The minimum atomic E-state index is -4.98. The number of urea groups is 1. The van der Waals surface area contributed by atoms with Gasteiger partial charge in [-0.15, -0.1) is 0 Å². The van der Waals surface area contributed by atoms with Gasteiger partial charge in [-0.05, 0) is 42.3 Å².